The maximum atomic E-state index is 12.1. The molecule has 0 saturated carbocycles. The van der Waals surface area contributed by atoms with Gasteiger partial charge >= 0.3 is 0 Å². The van der Waals surface area contributed by atoms with E-state index < -0.39 is 17.2 Å². The van der Waals surface area contributed by atoms with Gasteiger partial charge in [-0.15, -0.1) is 0 Å². The fourth-order valence-electron chi connectivity index (χ4n) is 4.41. The van der Waals surface area contributed by atoms with Crippen LogP contribution in [0.3, 0.4) is 0 Å². The Morgan fingerprint density at radius 1 is 1.33 bits per heavy atom. The van der Waals surface area contributed by atoms with Crippen LogP contribution in [0.25, 0.3) is 0 Å². The first-order valence-corrected chi connectivity index (χ1v) is 11.2. The Balaban J connectivity index is 1.63. The van der Waals surface area contributed by atoms with Crippen LogP contribution < -0.4 is 5.32 Å². The molecule has 0 radical (unpaired) electrons. The van der Waals surface area contributed by atoms with Crippen molar-refractivity contribution in [1.82, 2.24) is 10.2 Å². The van der Waals surface area contributed by atoms with Gasteiger partial charge in [-0.2, -0.15) is 11.8 Å². The summed E-state index contributed by atoms with van der Waals surface area (Å²) in [6, 6.07) is 8.49. The van der Waals surface area contributed by atoms with Crippen LogP contribution in [0.15, 0.2) is 24.3 Å². The Labute approximate surface area is 166 Å². The molecule has 2 heterocycles. The second-order valence-corrected chi connectivity index (χ2v) is 9.03. The lowest BCUT2D eigenvalue weighted by molar-refractivity contribution is -0.208. The third-order valence-electron chi connectivity index (χ3n) is 6.17. The van der Waals surface area contributed by atoms with E-state index in [4.69, 9.17) is 4.74 Å². The minimum atomic E-state index is -0.690. The van der Waals surface area contributed by atoms with Crippen LogP contribution in [0.4, 0.5) is 0 Å². The number of hydrogen-bond donors (Lipinski definition) is 2. The van der Waals surface area contributed by atoms with Gasteiger partial charge in [-0.25, -0.2) is 0 Å². The number of hydrogen-bond acceptors (Lipinski definition) is 5. The Bertz CT molecular complexity index is 661. The van der Waals surface area contributed by atoms with E-state index in [1.54, 1.807) is 0 Å². The van der Waals surface area contributed by atoms with Crippen molar-refractivity contribution < 1.29 is 14.6 Å². The molecule has 0 bridgehead atoms. The summed E-state index contributed by atoms with van der Waals surface area (Å²) in [4.78, 5) is 14.6. The molecule has 2 aliphatic heterocycles. The molecule has 1 aromatic rings. The van der Waals surface area contributed by atoms with Gasteiger partial charge in [0.15, 0.2) is 0 Å². The van der Waals surface area contributed by atoms with Crippen LogP contribution in [0.5, 0.6) is 0 Å². The highest BCUT2D eigenvalue weighted by atomic mass is 32.2. The number of nitrogens with one attached hydrogen (secondary N) is 1. The molecule has 5 nitrogen and oxygen atoms in total. The molecular formula is C21H32N2O3S. The van der Waals surface area contributed by atoms with Crippen LogP contribution in [0.1, 0.15) is 37.3 Å². The van der Waals surface area contributed by atoms with E-state index in [-0.39, 0.29) is 5.91 Å². The third kappa shape index (κ3) is 4.50. The zero-order valence-corrected chi connectivity index (χ0v) is 17.5. The van der Waals surface area contributed by atoms with Crippen LogP contribution in [0.2, 0.25) is 0 Å². The summed E-state index contributed by atoms with van der Waals surface area (Å²) in [7, 11) is 0. The molecule has 2 atom stereocenters. The van der Waals surface area contributed by atoms with Crippen molar-refractivity contribution in [2.45, 2.75) is 56.9 Å². The molecule has 1 spiro atoms. The van der Waals surface area contributed by atoms with E-state index >= 15 is 0 Å². The maximum absolute atomic E-state index is 12.1. The van der Waals surface area contributed by atoms with E-state index in [9.17, 15) is 9.90 Å². The van der Waals surface area contributed by atoms with Crippen molar-refractivity contribution in [3.8, 4) is 0 Å². The molecule has 3 rings (SSSR count). The highest BCUT2D eigenvalue weighted by Crippen LogP contribution is 2.40. The number of carbonyl (C=O) groups excluding carboxylic acids is 1. The van der Waals surface area contributed by atoms with Gasteiger partial charge in [-0.05, 0) is 50.5 Å². The lowest BCUT2D eigenvalue weighted by Gasteiger charge is -2.53. The highest BCUT2D eigenvalue weighted by Gasteiger charge is 2.53. The van der Waals surface area contributed by atoms with Gasteiger partial charge in [0.2, 0.25) is 5.91 Å². The van der Waals surface area contributed by atoms with Crippen molar-refractivity contribution in [2.75, 3.05) is 31.7 Å². The zero-order valence-electron chi connectivity index (χ0n) is 16.7. The largest absolute Gasteiger partial charge is 0.388 e. The van der Waals surface area contributed by atoms with Gasteiger partial charge < -0.3 is 15.2 Å². The Morgan fingerprint density at radius 3 is 2.70 bits per heavy atom. The maximum Gasteiger partial charge on any atom is 0.230 e. The summed E-state index contributed by atoms with van der Waals surface area (Å²) in [5, 5.41) is 14.2. The topological polar surface area (TPSA) is 61.8 Å². The van der Waals surface area contributed by atoms with Gasteiger partial charge in [0.05, 0.1) is 16.9 Å². The number of likely N-dealkylation sites (tertiary alicyclic amines) is 1. The van der Waals surface area contributed by atoms with Crippen molar-refractivity contribution in [1.29, 1.82) is 0 Å². The average Bonchev–Trinajstić information content (AvgIpc) is 2.64. The quantitative estimate of drug-likeness (QED) is 0.805. The predicted octanol–water partition coefficient (Wildman–Crippen LogP) is 2.35. The molecule has 27 heavy (non-hydrogen) atoms. The smallest absolute Gasteiger partial charge is 0.230 e. The van der Waals surface area contributed by atoms with Crippen LogP contribution in [-0.2, 0) is 16.1 Å². The molecule has 1 aromatic carbocycles. The number of rotatable bonds is 5. The first-order valence-electron chi connectivity index (χ1n) is 9.77. The summed E-state index contributed by atoms with van der Waals surface area (Å²) < 4.78 is 6.14. The standard InChI is InChI=1S/C21H32N2O3S/c1-16-6-4-5-7-17(16)14-23-11-8-21(9-12-23)19(25)20(2,10-13-26-21)22-18(24)15-27-3/h4-7,19,25H,8-15H2,1-3H3,(H,22,24)/t19-,20+/m0/s1. The van der Waals surface area contributed by atoms with Crippen LogP contribution in [-0.4, -0.2) is 64.9 Å². The van der Waals surface area contributed by atoms with Crippen molar-refractivity contribution in [3.05, 3.63) is 35.4 Å². The molecule has 2 fully saturated rings. The van der Waals surface area contributed by atoms with E-state index in [0.29, 0.717) is 18.8 Å². The number of thioether (sulfide) groups is 1. The number of nitrogens with zero attached hydrogens (tertiary/aromatic N) is 1. The summed E-state index contributed by atoms with van der Waals surface area (Å²) in [5.41, 5.74) is 1.49. The minimum absolute atomic E-state index is 0.0157. The molecule has 0 aromatic heterocycles. The fourth-order valence-corrected chi connectivity index (χ4v) is 4.75. The molecule has 0 unspecified atom stereocenters. The lowest BCUT2D eigenvalue weighted by Crippen LogP contribution is -2.69. The second kappa shape index (κ2) is 8.52. The first kappa shape index (κ1) is 20.6. The number of aliphatic hydroxyl groups is 1. The fraction of sp³-hybridized carbons (Fsp3) is 0.667. The van der Waals surface area contributed by atoms with Gasteiger partial charge in [0.1, 0.15) is 6.10 Å². The molecule has 0 aliphatic carbocycles. The number of carbonyl (C=O) groups is 1. The highest BCUT2D eigenvalue weighted by molar-refractivity contribution is 7.99. The lowest BCUT2D eigenvalue weighted by atomic mass is 9.73. The summed E-state index contributed by atoms with van der Waals surface area (Å²) in [6.07, 6.45) is 3.43. The molecular weight excluding hydrogens is 360 g/mol. The van der Waals surface area contributed by atoms with Gasteiger partial charge in [-0.1, -0.05) is 24.3 Å². The molecule has 2 aliphatic rings. The second-order valence-electron chi connectivity index (χ2n) is 8.17. The SMILES string of the molecule is CSCC(=O)N[C@]1(C)CCOC2(CCN(Cc3ccccc3C)CC2)[C@H]1O. The number of amides is 1. The molecule has 6 heteroatoms. The van der Waals surface area contributed by atoms with Gasteiger partial charge in [-0.3, -0.25) is 9.69 Å². The van der Waals surface area contributed by atoms with Crippen LogP contribution >= 0.6 is 11.8 Å². The van der Waals surface area contributed by atoms with Crippen molar-refractivity contribution in [2.24, 2.45) is 0 Å². The first-order chi connectivity index (χ1) is 12.9. The normalized spacial score (nSPS) is 28.2. The van der Waals surface area contributed by atoms with E-state index in [2.05, 4.69) is 41.4 Å². The summed E-state index contributed by atoms with van der Waals surface area (Å²) in [5.74, 6) is 0.401. The van der Waals surface area contributed by atoms with E-state index in [1.165, 1.54) is 22.9 Å². The number of aryl methyl sites for hydroxylation is 1. The van der Waals surface area contributed by atoms with E-state index in [0.717, 1.165) is 32.5 Å². The Hall–Kier alpha value is -1.08. The monoisotopic (exact) mass is 392 g/mol. The number of benzene rings is 1. The summed E-state index contributed by atoms with van der Waals surface area (Å²) >= 11 is 1.50. The van der Waals surface area contributed by atoms with E-state index in [1.807, 2.05) is 13.2 Å². The number of aliphatic hydroxyl groups excluding tert-OH is 1. The van der Waals surface area contributed by atoms with Crippen molar-refractivity contribution in [3.63, 3.8) is 0 Å². The predicted molar refractivity (Wildman–Crippen MR) is 110 cm³/mol. The number of ether oxygens (including phenoxy) is 1. The minimum Gasteiger partial charge on any atom is -0.388 e. The van der Waals surface area contributed by atoms with Gasteiger partial charge in [0, 0.05) is 26.2 Å². The molecule has 150 valence electrons. The molecule has 2 N–H and O–H groups in total. The number of piperidine rings is 1. The average molecular weight is 393 g/mol. The molecule has 1 amide bonds. The zero-order chi connectivity index (χ0) is 19.5. The summed E-state index contributed by atoms with van der Waals surface area (Å²) in [6.45, 7) is 7.39. The Morgan fingerprint density at radius 2 is 2.04 bits per heavy atom. The third-order valence-corrected chi connectivity index (χ3v) is 6.72. The van der Waals surface area contributed by atoms with Crippen molar-refractivity contribution >= 4 is 17.7 Å². The Kier molecular flexibility index (Phi) is 6.51. The van der Waals surface area contributed by atoms with Crippen LogP contribution in [0, 0.1) is 6.92 Å². The van der Waals surface area contributed by atoms with Gasteiger partial charge in [0.25, 0.3) is 0 Å². The molecule has 2 saturated heterocycles.